The minimum absolute atomic E-state index is 0.00849. The molecule has 0 unspecified atom stereocenters. The molecule has 0 radical (unpaired) electrons. The lowest BCUT2D eigenvalue weighted by Crippen LogP contribution is -2.32. The normalized spacial score (nSPS) is 11.5. The van der Waals surface area contributed by atoms with Crippen LogP contribution in [0.25, 0.3) is 0 Å². The van der Waals surface area contributed by atoms with E-state index in [9.17, 15) is 22.4 Å². The molecule has 0 saturated carbocycles. The van der Waals surface area contributed by atoms with Crippen molar-refractivity contribution in [2.45, 2.75) is 39.0 Å². The number of aromatic nitrogens is 1. The Morgan fingerprint density at radius 3 is 2.52 bits per heavy atom. The van der Waals surface area contributed by atoms with Crippen molar-refractivity contribution in [2.75, 3.05) is 6.54 Å². The van der Waals surface area contributed by atoms with Gasteiger partial charge in [0, 0.05) is 30.5 Å². The van der Waals surface area contributed by atoms with E-state index in [0.717, 1.165) is 36.2 Å². The molecule has 164 valence electrons. The van der Waals surface area contributed by atoms with Gasteiger partial charge in [-0.3, -0.25) is 4.79 Å². The number of nitrogens with zero attached hydrogens (tertiary/aromatic N) is 2. The van der Waals surface area contributed by atoms with Gasteiger partial charge in [-0.1, -0.05) is 31.5 Å². The molecule has 0 atom stereocenters. The Bertz CT molecular complexity index is 1030. The molecular weight excluding hydrogens is 408 g/mol. The van der Waals surface area contributed by atoms with E-state index >= 15 is 0 Å². The molecule has 0 aliphatic heterocycles. The number of carbonyl (C=O) groups is 1. The first-order valence-electron chi connectivity index (χ1n) is 10.1. The van der Waals surface area contributed by atoms with Crippen LogP contribution >= 0.6 is 0 Å². The van der Waals surface area contributed by atoms with E-state index in [0.29, 0.717) is 13.1 Å². The van der Waals surface area contributed by atoms with E-state index in [1.54, 1.807) is 11.0 Å². The Morgan fingerprint density at radius 2 is 1.81 bits per heavy atom. The molecule has 0 bridgehead atoms. The van der Waals surface area contributed by atoms with E-state index in [1.807, 2.05) is 35.9 Å². The SMILES string of the molecule is CCCCN(Cc1cccn1Cc1cccc(F)c1)C(=O)c1cccc(C(F)(F)F)c1. The lowest BCUT2D eigenvalue weighted by Gasteiger charge is -2.24. The molecular formula is C24H24F4N2O. The molecule has 0 aliphatic carbocycles. The Labute approximate surface area is 178 Å². The van der Waals surface area contributed by atoms with Crippen LogP contribution < -0.4 is 0 Å². The maximum atomic E-state index is 13.5. The molecule has 0 spiro atoms. The number of unbranched alkanes of at least 4 members (excludes halogenated alkanes) is 1. The van der Waals surface area contributed by atoms with Gasteiger partial charge in [-0.2, -0.15) is 13.2 Å². The highest BCUT2D eigenvalue weighted by Crippen LogP contribution is 2.30. The predicted molar refractivity (Wildman–Crippen MR) is 111 cm³/mol. The fourth-order valence-corrected chi connectivity index (χ4v) is 3.39. The van der Waals surface area contributed by atoms with Gasteiger partial charge in [0.25, 0.3) is 5.91 Å². The lowest BCUT2D eigenvalue weighted by molar-refractivity contribution is -0.137. The van der Waals surface area contributed by atoms with Gasteiger partial charge >= 0.3 is 6.18 Å². The van der Waals surface area contributed by atoms with Crippen LogP contribution in [-0.2, 0) is 19.3 Å². The summed E-state index contributed by atoms with van der Waals surface area (Å²) in [4.78, 5) is 14.6. The zero-order valence-corrected chi connectivity index (χ0v) is 17.2. The fraction of sp³-hybridized carbons (Fsp3) is 0.292. The largest absolute Gasteiger partial charge is 0.416 e. The van der Waals surface area contributed by atoms with Crippen molar-refractivity contribution >= 4 is 5.91 Å². The Morgan fingerprint density at radius 1 is 1.03 bits per heavy atom. The number of rotatable bonds is 8. The van der Waals surface area contributed by atoms with Gasteiger partial charge in [0.2, 0.25) is 0 Å². The molecule has 3 aromatic rings. The zero-order valence-electron chi connectivity index (χ0n) is 17.2. The fourth-order valence-electron chi connectivity index (χ4n) is 3.39. The molecule has 2 aromatic carbocycles. The molecule has 0 aliphatic rings. The van der Waals surface area contributed by atoms with Crippen molar-refractivity contribution in [1.82, 2.24) is 9.47 Å². The third-order valence-electron chi connectivity index (χ3n) is 5.02. The summed E-state index contributed by atoms with van der Waals surface area (Å²) < 4.78 is 54.6. The third-order valence-corrected chi connectivity index (χ3v) is 5.02. The van der Waals surface area contributed by atoms with Crippen molar-refractivity contribution in [3.63, 3.8) is 0 Å². The van der Waals surface area contributed by atoms with Gasteiger partial charge < -0.3 is 9.47 Å². The molecule has 0 fully saturated rings. The van der Waals surface area contributed by atoms with E-state index in [4.69, 9.17) is 0 Å². The van der Waals surface area contributed by atoms with Crippen molar-refractivity contribution in [2.24, 2.45) is 0 Å². The number of carbonyl (C=O) groups excluding carboxylic acids is 1. The van der Waals surface area contributed by atoms with Gasteiger partial charge in [-0.05, 0) is 54.4 Å². The summed E-state index contributed by atoms with van der Waals surface area (Å²) in [5.41, 5.74) is 0.764. The van der Waals surface area contributed by atoms with Crippen LogP contribution in [0.2, 0.25) is 0 Å². The number of hydrogen-bond acceptors (Lipinski definition) is 1. The summed E-state index contributed by atoms with van der Waals surface area (Å²) in [7, 11) is 0. The number of alkyl halides is 3. The molecule has 1 amide bonds. The van der Waals surface area contributed by atoms with Crippen LogP contribution in [0.1, 0.15) is 46.9 Å². The second kappa shape index (κ2) is 9.81. The van der Waals surface area contributed by atoms with E-state index in [-0.39, 0.29) is 17.9 Å². The summed E-state index contributed by atoms with van der Waals surface area (Å²) in [6.07, 6.45) is -1.09. The summed E-state index contributed by atoms with van der Waals surface area (Å²) in [5.74, 6) is -0.770. The van der Waals surface area contributed by atoms with Crippen LogP contribution in [0.15, 0.2) is 66.9 Å². The maximum Gasteiger partial charge on any atom is 0.416 e. The summed E-state index contributed by atoms with van der Waals surface area (Å²) in [5, 5.41) is 0. The number of halogens is 4. The minimum atomic E-state index is -4.51. The highest BCUT2D eigenvalue weighted by atomic mass is 19.4. The second-order valence-corrected chi connectivity index (χ2v) is 7.42. The average molecular weight is 432 g/mol. The molecule has 1 aromatic heterocycles. The number of amides is 1. The Kier molecular flexibility index (Phi) is 7.15. The second-order valence-electron chi connectivity index (χ2n) is 7.42. The zero-order chi connectivity index (χ0) is 22.4. The average Bonchev–Trinajstić information content (AvgIpc) is 3.16. The molecule has 3 rings (SSSR count). The topological polar surface area (TPSA) is 25.2 Å². The molecule has 7 heteroatoms. The number of hydrogen-bond donors (Lipinski definition) is 0. The summed E-state index contributed by atoms with van der Waals surface area (Å²) in [6, 6.07) is 14.5. The number of benzene rings is 2. The molecule has 0 saturated heterocycles. The van der Waals surface area contributed by atoms with Crippen LogP contribution in [0.4, 0.5) is 17.6 Å². The summed E-state index contributed by atoms with van der Waals surface area (Å²) in [6.45, 7) is 3.09. The van der Waals surface area contributed by atoms with E-state index < -0.39 is 17.6 Å². The van der Waals surface area contributed by atoms with Crippen LogP contribution in [0.5, 0.6) is 0 Å². The van der Waals surface area contributed by atoms with Gasteiger partial charge in [-0.15, -0.1) is 0 Å². The highest BCUT2D eigenvalue weighted by Gasteiger charge is 2.31. The monoisotopic (exact) mass is 432 g/mol. The Hall–Kier alpha value is -3.09. The van der Waals surface area contributed by atoms with Crippen LogP contribution in [-0.4, -0.2) is 21.9 Å². The van der Waals surface area contributed by atoms with Crippen molar-refractivity contribution in [1.29, 1.82) is 0 Å². The highest BCUT2D eigenvalue weighted by molar-refractivity contribution is 5.94. The van der Waals surface area contributed by atoms with Gasteiger partial charge in [0.05, 0.1) is 12.1 Å². The van der Waals surface area contributed by atoms with Crippen molar-refractivity contribution < 1.29 is 22.4 Å². The quantitative estimate of drug-likeness (QED) is 0.393. The molecule has 31 heavy (non-hydrogen) atoms. The standard InChI is InChI=1S/C24H24F4N2O/c1-2-3-12-30(23(31)19-8-5-9-20(15-19)24(26,27)28)17-22-11-6-13-29(22)16-18-7-4-10-21(25)14-18/h4-11,13-15H,2-3,12,16-17H2,1H3. The first-order valence-corrected chi connectivity index (χ1v) is 10.1. The minimum Gasteiger partial charge on any atom is -0.345 e. The smallest absolute Gasteiger partial charge is 0.345 e. The van der Waals surface area contributed by atoms with Gasteiger partial charge in [-0.25, -0.2) is 4.39 Å². The van der Waals surface area contributed by atoms with E-state index in [2.05, 4.69) is 0 Å². The molecule has 1 heterocycles. The van der Waals surface area contributed by atoms with Crippen molar-refractivity contribution in [3.05, 3.63) is 95.1 Å². The van der Waals surface area contributed by atoms with E-state index in [1.165, 1.54) is 24.3 Å². The van der Waals surface area contributed by atoms with Crippen LogP contribution in [0, 0.1) is 5.82 Å². The maximum absolute atomic E-state index is 13.5. The predicted octanol–water partition coefficient (Wildman–Crippen LogP) is 6.14. The molecule has 0 N–H and O–H groups in total. The van der Waals surface area contributed by atoms with Crippen molar-refractivity contribution in [3.8, 4) is 0 Å². The first kappa shape index (κ1) is 22.6. The first-order chi connectivity index (χ1) is 14.8. The Balaban J connectivity index is 1.83. The summed E-state index contributed by atoms with van der Waals surface area (Å²) >= 11 is 0. The lowest BCUT2D eigenvalue weighted by atomic mass is 10.1. The van der Waals surface area contributed by atoms with Gasteiger partial charge in [0.15, 0.2) is 0 Å². The van der Waals surface area contributed by atoms with Gasteiger partial charge in [0.1, 0.15) is 5.82 Å². The molecule has 3 nitrogen and oxygen atoms in total. The third kappa shape index (κ3) is 5.96. The van der Waals surface area contributed by atoms with Crippen LogP contribution in [0.3, 0.4) is 0 Å².